The van der Waals surface area contributed by atoms with Gasteiger partial charge in [0.15, 0.2) is 0 Å². The number of rotatable bonds is 3. The number of H-pyrrole nitrogens is 1. The molecule has 4 rings (SSSR count). The van der Waals surface area contributed by atoms with Crippen molar-refractivity contribution in [3.8, 4) is 0 Å². The van der Waals surface area contributed by atoms with Crippen LogP contribution in [-0.2, 0) is 4.79 Å². The normalized spacial score (nSPS) is 20.5. The molecule has 2 unspecified atom stereocenters. The van der Waals surface area contributed by atoms with Crippen LogP contribution >= 0.6 is 0 Å². The molecule has 0 radical (unpaired) electrons. The van der Waals surface area contributed by atoms with Gasteiger partial charge in [0.1, 0.15) is 6.17 Å². The van der Waals surface area contributed by atoms with E-state index in [2.05, 4.69) is 15.2 Å². The van der Waals surface area contributed by atoms with Crippen LogP contribution in [0.2, 0.25) is 0 Å². The highest BCUT2D eigenvalue weighted by atomic mass is 19.1. The summed E-state index contributed by atoms with van der Waals surface area (Å²) in [5.41, 5.74) is 2.24. The molecule has 1 amide bonds. The Hall–Kier alpha value is -2.76. The minimum atomic E-state index is -1.09. The molecule has 6 heteroatoms. The summed E-state index contributed by atoms with van der Waals surface area (Å²) in [4.78, 5) is 18.9. The maximum atomic E-state index is 14.4. The van der Waals surface area contributed by atoms with Gasteiger partial charge in [-0.1, -0.05) is 12.8 Å². The van der Waals surface area contributed by atoms with Gasteiger partial charge in [-0.05, 0) is 43.2 Å². The molecule has 2 heterocycles. The molecule has 1 saturated carbocycles. The molecule has 25 heavy (non-hydrogen) atoms. The van der Waals surface area contributed by atoms with Gasteiger partial charge in [-0.3, -0.25) is 19.8 Å². The van der Waals surface area contributed by atoms with Crippen molar-refractivity contribution in [2.75, 3.05) is 4.90 Å². The molecule has 128 valence electrons. The number of anilines is 2. The minimum Gasteiger partial charge on any atom is -0.279 e. The standard InChI is InChI=1S/C19H19FN4O/c20-17-6-2-1-5-16(17)19(25)24(15-4-3-9-21-12-15)14-7-8-18-13(10-14)11-22-23-18/h3-4,7-12,16-17H,1-2,5-6H2,(H,22,23). The second-order valence-electron chi connectivity index (χ2n) is 6.43. The van der Waals surface area contributed by atoms with Crippen molar-refractivity contribution in [3.05, 3.63) is 48.9 Å². The highest BCUT2D eigenvalue weighted by Crippen LogP contribution is 2.34. The average molecular weight is 338 g/mol. The number of amides is 1. The topological polar surface area (TPSA) is 61.9 Å². The summed E-state index contributed by atoms with van der Waals surface area (Å²) in [6.07, 6.45) is 6.69. The van der Waals surface area contributed by atoms with Crippen molar-refractivity contribution in [3.63, 3.8) is 0 Å². The fourth-order valence-electron chi connectivity index (χ4n) is 3.49. The fourth-order valence-corrected chi connectivity index (χ4v) is 3.49. The first-order valence-electron chi connectivity index (χ1n) is 8.55. The van der Waals surface area contributed by atoms with Gasteiger partial charge in [0.25, 0.3) is 0 Å². The van der Waals surface area contributed by atoms with Crippen molar-refractivity contribution in [1.29, 1.82) is 0 Å². The maximum Gasteiger partial charge on any atom is 0.237 e. The third-order valence-corrected chi connectivity index (χ3v) is 4.81. The Morgan fingerprint density at radius 1 is 1.16 bits per heavy atom. The number of benzene rings is 1. The van der Waals surface area contributed by atoms with E-state index in [0.29, 0.717) is 24.2 Å². The van der Waals surface area contributed by atoms with Crippen molar-refractivity contribution < 1.29 is 9.18 Å². The molecule has 2 atom stereocenters. The van der Waals surface area contributed by atoms with Crippen LogP contribution < -0.4 is 4.90 Å². The lowest BCUT2D eigenvalue weighted by Crippen LogP contribution is -2.38. The summed E-state index contributed by atoms with van der Waals surface area (Å²) in [5.74, 6) is -0.808. The van der Waals surface area contributed by atoms with Crippen molar-refractivity contribution >= 4 is 28.2 Å². The Balaban J connectivity index is 1.77. The van der Waals surface area contributed by atoms with Gasteiger partial charge >= 0.3 is 0 Å². The van der Waals surface area contributed by atoms with E-state index in [0.717, 1.165) is 23.7 Å². The molecular formula is C19H19FN4O. The first kappa shape index (κ1) is 15.7. The van der Waals surface area contributed by atoms with E-state index in [-0.39, 0.29) is 5.91 Å². The predicted octanol–water partition coefficient (Wildman–Crippen LogP) is 4.15. The number of alkyl halides is 1. The average Bonchev–Trinajstić information content (AvgIpc) is 3.11. The highest BCUT2D eigenvalue weighted by molar-refractivity contribution is 6.03. The fraction of sp³-hybridized carbons (Fsp3) is 0.316. The lowest BCUT2D eigenvalue weighted by molar-refractivity contribution is -0.124. The molecule has 1 N–H and O–H groups in total. The number of nitrogens with one attached hydrogen (secondary N) is 1. The molecule has 0 bridgehead atoms. The van der Waals surface area contributed by atoms with Crippen LogP contribution in [0.5, 0.6) is 0 Å². The van der Waals surface area contributed by atoms with Gasteiger partial charge in [-0.15, -0.1) is 0 Å². The van der Waals surface area contributed by atoms with Gasteiger partial charge in [-0.25, -0.2) is 4.39 Å². The van der Waals surface area contributed by atoms with E-state index in [4.69, 9.17) is 0 Å². The van der Waals surface area contributed by atoms with Crippen LogP contribution in [0, 0.1) is 5.92 Å². The number of aromatic nitrogens is 3. The number of carbonyl (C=O) groups is 1. The van der Waals surface area contributed by atoms with Gasteiger partial charge in [-0.2, -0.15) is 5.10 Å². The minimum absolute atomic E-state index is 0.206. The number of nitrogens with zero attached hydrogens (tertiary/aromatic N) is 3. The SMILES string of the molecule is O=C(C1CCCCC1F)N(c1cccnc1)c1ccc2[nH]ncc2c1. The zero-order chi connectivity index (χ0) is 17.2. The monoisotopic (exact) mass is 338 g/mol. The molecule has 1 aromatic carbocycles. The lowest BCUT2D eigenvalue weighted by Gasteiger charge is -2.31. The van der Waals surface area contributed by atoms with E-state index in [1.807, 2.05) is 24.3 Å². The van der Waals surface area contributed by atoms with Gasteiger partial charge in [0.2, 0.25) is 5.91 Å². The second kappa shape index (κ2) is 6.63. The van der Waals surface area contributed by atoms with Gasteiger partial charge < -0.3 is 0 Å². The molecule has 2 aromatic heterocycles. The summed E-state index contributed by atoms with van der Waals surface area (Å²) in [5, 5.41) is 7.82. The molecule has 1 fully saturated rings. The van der Waals surface area contributed by atoms with Crippen molar-refractivity contribution in [1.82, 2.24) is 15.2 Å². The van der Waals surface area contributed by atoms with E-state index >= 15 is 0 Å². The van der Waals surface area contributed by atoms with Crippen molar-refractivity contribution in [2.45, 2.75) is 31.9 Å². The van der Waals surface area contributed by atoms with Crippen LogP contribution in [0.1, 0.15) is 25.7 Å². The van der Waals surface area contributed by atoms with E-state index < -0.39 is 12.1 Å². The Bertz CT molecular complexity index is 879. The molecule has 3 aromatic rings. The van der Waals surface area contributed by atoms with E-state index in [1.165, 1.54) is 0 Å². The van der Waals surface area contributed by atoms with Crippen molar-refractivity contribution in [2.24, 2.45) is 5.92 Å². The molecule has 5 nitrogen and oxygen atoms in total. The molecule has 1 aliphatic rings. The van der Waals surface area contributed by atoms with Crippen LogP contribution in [-0.4, -0.2) is 27.3 Å². The summed E-state index contributed by atoms with van der Waals surface area (Å²) < 4.78 is 14.4. The number of pyridine rings is 1. The number of hydrogen-bond acceptors (Lipinski definition) is 3. The maximum absolute atomic E-state index is 14.4. The lowest BCUT2D eigenvalue weighted by atomic mass is 9.86. The second-order valence-corrected chi connectivity index (χ2v) is 6.43. The van der Waals surface area contributed by atoms with Crippen LogP contribution in [0.4, 0.5) is 15.8 Å². The Morgan fingerprint density at radius 3 is 2.84 bits per heavy atom. The van der Waals surface area contributed by atoms with Crippen LogP contribution in [0.15, 0.2) is 48.9 Å². The van der Waals surface area contributed by atoms with Crippen LogP contribution in [0.3, 0.4) is 0 Å². The predicted molar refractivity (Wildman–Crippen MR) is 94.3 cm³/mol. The highest BCUT2D eigenvalue weighted by Gasteiger charge is 2.35. The molecule has 0 saturated heterocycles. The zero-order valence-electron chi connectivity index (χ0n) is 13.7. The number of fused-ring (bicyclic) bond motifs is 1. The van der Waals surface area contributed by atoms with E-state index in [9.17, 15) is 9.18 Å². The quantitative estimate of drug-likeness (QED) is 0.780. The summed E-state index contributed by atoms with van der Waals surface area (Å²) >= 11 is 0. The molecule has 0 aliphatic heterocycles. The third kappa shape index (κ3) is 2.99. The first-order valence-corrected chi connectivity index (χ1v) is 8.55. The Morgan fingerprint density at radius 2 is 2.04 bits per heavy atom. The Labute approximate surface area is 144 Å². The number of aromatic amines is 1. The number of halogens is 1. The Kier molecular flexibility index (Phi) is 4.17. The van der Waals surface area contributed by atoms with Gasteiger partial charge in [0, 0.05) is 17.3 Å². The zero-order valence-corrected chi connectivity index (χ0v) is 13.7. The summed E-state index contributed by atoms with van der Waals surface area (Å²) in [6.45, 7) is 0. The largest absolute Gasteiger partial charge is 0.279 e. The third-order valence-electron chi connectivity index (χ3n) is 4.81. The molecular weight excluding hydrogens is 319 g/mol. The summed E-state index contributed by atoms with van der Waals surface area (Å²) in [7, 11) is 0. The van der Waals surface area contributed by atoms with Crippen LogP contribution in [0.25, 0.3) is 10.9 Å². The molecule has 1 aliphatic carbocycles. The number of hydrogen-bond donors (Lipinski definition) is 1. The van der Waals surface area contributed by atoms with E-state index in [1.54, 1.807) is 29.6 Å². The molecule has 0 spiro atoms. The van der Waals surface area contributed by atoms with Gasteiger partial charge in [0.05, 0.1) is 29.5 Å². The first-order chi connectivity index (χ1) is 12.2. The smallest absolute Gasteiger partial charge is 0.237 e. The number of carbonyl (C=O) groups excluding carboxylic acids is 1. The summed E-state index contributed by atoms with van der Waals surface area (Å²) in [6, 6.07) is 9.21.